The molecule has 0 saturated heterocycles. The minimum absolute atomic E-state index is 0.151. The topological polar surface area (TPSA) is 60.7 Å². The van der Waals surface area contributed by atoms with Crippen LogP contribution in [0.25, 0.3) is 0 Å². The summed E-state index contributed by atoms with van der Waals surface area (Å²) < 4.78 is 12.7. The Bertz CT molecular complexity index is 682. The van der Waals surface area contributed by atoms with Crippen LogP contribution in [0.4, 0.5) is 4.39 Å². The van der Waals surface area contributed by atoms with Crippen molar-refractivity contribution in [2.45, 2.75) is 85.7 Å². The van der Waals surface area contributed by atoms with Crippen LogP contribution in [0, 0.1) is 20.8 Å². The summed E-state index contributed by atoms with van der Waals surface area (Å²) in [4.78, 5) is 0. The van der Waals surface area contributed by atoms with E-state index in [1.54, 1.807) is 33.8 Å². The van der Waals surface area contributed by atoms with Crippen LogP contribution in [0.3, 0.4) is 0 Å². The highest BCUT2D eigenvalue weighted by atomic mass is 19.1. The number of rotatable bonds is 9. The SMILES string of the molecule is C/C(F)=C/CC/C(C)=C/CC[C@@](C)(O)CCc1c(C)c(O)c(C)c(C)c1O. The molecule has 1 aromatic carbocycles. The van der Waals surface area contributed by atoms with E-state index in [1.807, 2.05) is 6.92 Å². The van der Waals surface area contributed by atoms with Gasteiger partial charge in [-0.25, -0.2) is 4.39 Å². The van der Waals surface area contributed by atoms with Crippen LogP contribution >= 0.6 is 0 Å². The maximum Gasteiger partial charge on any atom is 0.122 e. The molecule has 0 unspecified atom stereocenters. The van der Waals surface area contributed by atoms with Gasteiger partial charge in [-0.3, -0.25) is 0 Å². The van der Waals surface area contributed by atoms with E-state index in [-0.39, 0.29) is 17.3 Å². The van der Waals surface area contributed by atoms with Gasteiger partial charge in [-0.05, 0) is 96.8 Å². The van der Waals surface area contributed by atoms with Gasteiger partial charge in [-0.2, -0.15) is 0 Å². The first-order chi connectivity index (χ1) is 12.5. The fourth-order valence-corrected chi connectivity index (χ4v) is 3.24. The summed E-state index contributed by atoms with van der Waals surface area (Å²) >= 11 is 0. The maximum absolute atomic E-state index is 12.7. The number of allylic oxidation sites excluding steroid dienone is 4. The molecule has 4 heteroatoms. The van der Waals surface area contributed by atoms with Crippen molar-refractivity contribution in [1.29, 1.82) is 0 Å². The van der Waals surface area contributed by atoms with Gasteiger partial charge in [-0.1, -0.05) is 17.7 Å². The summed E-state index contributed by atoms with van der Waals surface area (Å²) in [6, 6.07) is 0. The van der Waals surface area contributed by atoms with E-state index in [9.17, 15) is 19.7 Å². The Kier molecular flexibility index (Phi) is 8.55. The first-order valence-corrected chi connectivity index (χ1v) is 9.67. The molecule has 0 bridgehead atoms. The molecule has 0 aliphatic rings. The van der Waals surface area contributed by atoms with E-state index in [2.05, 4.69) is 6.08 Å². The van der Waals surface area contributed by atoms with Crippen molar-refractivity contribution in [2.75, 3.05) is 0 Å². The van der Waals surface area contributed by atoms with Gasteiger partial charge < -0.3 is 15.3 Å². The van der Waals surface area contributed by atoms with Crippen LogP contribution in [-0.4, -0.2) is 20.9 Å². The molecule has 0 spiro atoms. The highest BCUT2D eigenvalue weighted by molar-refractivity contribution is 5.56. The lowest BCUT2D eigenvalue weighted by molar-refractivity contribution is 0.0431. The normalized spacial score (nSPS) is 15.1. The number of hydrogen-bond donors (Lipinski definition) is 3. The van der Waals surface area contributed by atoms with E-state index in [0.717, 1.165) is 12.8 Å². The predicted octanol–water partition coefficient (Wildman–Crippen LogP) is 6.09. The molecule has 0 heterocycles. The third-order valence-corrected chi connectivity index (χ3v) is 5.42. The lowest BCUT2D eigenvalue weighted by Gasteiger charge is -2.24. The summed E-state index contributed by atoms with van der Waals surface area (Å²) in [5.74, 6) is 0.281. The smallest absolute Gasteiger partial charge is 0.122 e. The average molecular weight is 379 g/mol. The molecule has 0 amide bonds. The molecular formula is C23H35FO3. The van der Waals surface area contributed by atoms with Crippen molar-refractivity contribution >= 4 is 0 Å². The van der Waals surface area contributed by atoms with Gasteiger partial charge in [0.05, 0.1) is 11.4 Å². The van der Waals surface area contributed by atoms with E-state index >= 15 is 0 Å². The zero-order chi connectivity index (χ0) is 20.8. The second-order valence-electron chi connectivity index (χ2n) is 7.97. The summed E-state index contributed by atoms with van der Waals surface area (Å²) in [7, 11) is 0. The molecule has 1 aromatic rings. The average Bonchev–Trinajstić information content (AvgIpc) is 2.57. The molecule has 1 rings (SSSR count). The van der Waals surface area contributed by atoms with E-state index < -0.39 is 5.60 Å². The van der Waals surface area contributed by atoms with Crippen molar-refractivity contribution in [1.82, 2.24) is 0 Å². The number of halogens is 1. The monoisotopic (exact) mass is 378 g/mol. The molecule has 3 N–H and O–H groups in total. The van der Waals surface area contributed by atoms with Gasteiger partial charge in [0, 0.05) is 5.56 Å². The molecule has 0 saturated carbocycles. The number of hydrogen-bond acceptors (Lipinski definition) is 3. The Morgan fingerprint density at radius 2 is 1.52 bits per heavy atom. The molecule has 27 heavy (non-hydrogen) atoms. The molecule has 0 aliphatic heterocycles. The predicted molar refractivity (Wildman–Crippen MR) is 110 cm³/mol. The first kappa shape index (κ1) is 23.2. The van der Waals surface area contributed by atoms with Crippen molar-refractivity contribution in [3.05, 3.63) is 45.8 Å². The van der Waals surface area contributed by atoms with Crippen LogP contribution < -0.4 is 0 Å². The van der Waals surface area contributed by atoms with Gasteiger partial charge in [0.1, 0.15) is 11.5 Å². The molecule has 152 valence electrons. The van der Waals surface area contributed by atoms with Crippen LogP contribution in [-0.2, 0) is 6.42 Å². The second kappa shape index (κ2) is 9.93. The Labute approximate surface area is 163 Å². The standard InChI is InChI=1S/C23H35FO3/c1-15(9-7-11-16(2)24)10-8-13-23(6,27)14-12-20-19(5)21(25)17(3)18(4)22(20)26/h10-11,25-27H,7-9,12-14H2,1-6H3/b15-10+,16-11-/t23-/m1/s1. The largest absolute Gasteiger partial charge is 0.507 e. The molecule has 1 atom stereocenters. The summed E-state index contributed by atoms with van der Waals surface area (Å²) in [5, 5.41) is 31.3. The number of benzene rings is 1. The molecular weight excluding hydrogens is 343 g/mol. The van der Waals surface area contributed by atoms with Crippen LogP contribution in [0.5, 0.6) is 11.5 Å². The lowest BCUT2D eigenvalue weighted by atomic mass is 9.88. The van der Waals surface area contributed by atoms with Crippen LogP contribution in [0.1, 0.15) is 75.1 Å². The number of phenols is 2. The number of aliphatic hydroxyl groups is 1. The molecule has 0 aromatic heterocycles. The van der Waals surface area contributed by atoms with Gasteiger partial charge in [0.2, 0.25) is 0 Å². The highest BCUT2D eigenvalue weighted by Gasteiger charge is 2.22. The van der Waals surface area contributed by atoms with Crippen molar-refractivity contribution in [2.24, 2.45) is 0 Å². The number of aromatic hydroxyl groups is 2. The van der Waals surface area contributed by atoms with E-state index in [1.165, 1.54) is 12.5 Å². The Morgan fingerprint density at radius 3 is 2.11 bits per heavy atom. The fourth-order valence-electron chi connectivity index (χ4n) is 3.24. The van der Waals surface area contributed by atoms with Gasteiger partial charge in [0.15, 0.2) is 0 Å². The molecule has 0 aliphatic carbocycles. The molecule has 0 radical (unpaired) electrons. The third kappa shape index (κ3) is 7.02. The van der Waals surface area contributed by atoms with E-state index in [4.69, 9.17) is 0 Å². The Morgan fingerprint density at radius 1 is 0.926 bits per heavy atom. The fraction of sp³-hybridized carbons (Fsp3) is 0.565. The minimum atomic E-state index is -0.862. The van der Waals surface area contributed by atoms with Gasteiger partial charge in [-0.15, -0.1) is 0 Å². The maximum atomic E-state index is 12.7. The second-order valence-corrected chi connectivity index (χ2v) is 7.97. The van der Waals surface area contributed by atoms with Crippen molar-refractivity contribution in [3.8, 4) is 11.5 Å². The highest BCUT2D eigenvalue weighted by Crippen LogP contribution is 2.37. The molecule has 0 fully saturated rings. The third-order valence-electron chi connectivity index (χ3n) is 5.42. The zero-order valence-corrected chi connectivity index (χ0v) is 17.6. The quantitative estimate of drug-likeness (QED) is 0.360. The summed E-state index contributed by atoms with van der Waals surface area (Å²) in [5.41, 5.74) is 3.09. The van der Waals surface area contributed by atoms with Crippen LogP contribution in [0.15, 0.2) is 23.6 Å². The zero-order valence-electron chi connectivity index (χ0n) is 17.6. The Balaban J connectivity index is 2.66. The molecule has 3 nitrogen and oxygen atoms in total. The summed E-state index contributed by atoms with van der Waals surface area (Å²) in [6.07, 6.45) is 7.55. The van der Waals surface area contributed by atoms with Gasteiger partial charge in [0.25, 0.3) is 0 Å². The van der Waals surface area contributed by atoms with E-state index in [0.29, 0.717) is 47.9 Å². The van der Waals surface area contributed by atoms with Crippen molar-refractivity contribution < 1.29 is 19.7 Å². The van der Waals surface area contributed by atoms with Crippen LogP contribution in [0.2, 0.25) is 0 Å². The minimum Gasteiger partial charge on any atom is -0.507 e. The van der Waals surface area contributed by atoms with Crippen molar-refractivity contribution in [3.63, 3.8) is 0 Å². The first-order valence-electron chi connectivity index (χ1n) is 9.67. The van der Waals surface area contributed by atoms with Gasteiger partial charge >= 0.3 is 0 Å². The lowest BCUT2D eigenvalue weighted by Crippen LogP contribution is -2.24. The Hall–Kier alpha value is -1.81. The summed E-state index contributed by atoms with van der Waals surface area (Å²) in [6.45, 7) is 10.7. The number of phenolic OH excluding ortho intramolecular Hbond substituents is 2.